The normalized spacial score (nSPS) is 13.3. The highest BCUT2D eigenvalue weighted by Gasteiger charge is 2.25. The van der Waals surface area contributed by atoms with Crippen LogP contribution in [0.25, 0.3) is 22.6 Å². The van der Waals surface area contributed by atoms with Gasteiger partial charge in [-0.15, -0.1) is 0 Å². The van der Waals surface area contributed by atoms with Crippen LogP contribution in [0.2, 0.25) is 0 Å². The molecule has 2 N–H and O–H groups in total. The molecule has 0 saturated carbocycles. The largest absolute Gasteiger partial charge is 0.493 e. The monoisotopic (exact) mass is 693 g/mol. The third-order valence-corrected chi connectivity index (χ3v) is 8.33. The highest BCUT2D eigenvalue weighted by Crippen LogP contribution is 2.42. The van der Waals surface area contributed by atoms with Crippen LogP contribution in [0.15, 0.2) is 95.5 Å². The lowest BCUT2D eigenvalue weighted by Gasteiger charge is -2.28. The predicted molar refractivity (Wildman–Crippen MR) is 192 cm³/mol. The first-order valence-electron chi connectivity index (χ1n) is 16.1. The first-order chi connectivity index (χ1) is 24.8. The average molecular weight is 694 g/mol. The van der Waals surface area contributed by atoms with Gasteiger partial charge in [-0.2, -0.15) is 0 Å². The summed E-state index contributed by atoms with van der Waals surface area (Å²) in [7, 11) is 7.83. The molecule has 0 fully saturated rings. The zero-order valence-corrected chi connectivity index (χ0v) is 29.0. The number of benzene rings is 4. The van der Waals surface area contributed by atoms with Crippen LogP contribution in [0, 0.1) is 0 Å². The summed E-state index contributed by atoms with van der Waals surface area (Å²) in [5, 5.41) is 10.6. The summed E-state index contributed by atoms with van der Waals surface area (Å²) in [5.74, 6) is 4.08. The molecule has 0 aliphatic carbocycles. The van der Waals surface area contributed by atoms with Crippen LogP contribution in [0.4, 0.5) is 5.69 Å². The molecule has 1 unspecified atom stereocenters. The number of fused-ring (bicyclic) bond motifs is 1. The van der Waals surface area contributed by atoms with E-state index in [1.54, 1.807) is 53.7 Å². The number of hydrogen-bond acceptors (Lipinski definition) is 11. The van der Waals surface area contributed by atoms with Gasteiger partial charge in [-0.05, 0) is 65.7 Å². The van der Waals surface area contributed by atoms with Crippen molar-refractivity contribution in [3.8, 4) is 62.8 Å². The van der Waals surface area contributed by atoms with Crippen LogP contribution in [0.1, 0.15) is 28.5 Å². The van der Waals surface area contributed by atoms with E-state index in [2.05, 4.69) is 22.4 Å². The van der Waals surface area contributed by atoms with Crippen LogP contribution in [-0.4, -0.2) is 59.8 Å². The number of carbonyl (C=O) groups is 1. The van der Waals surface area contributed by atoms with E-state index < -0.39 is 6.17 Å². The van der Waals surface area contributed by atoms with E-state index in [0.29, 0.717) is 75.9 Å². The Morgan fingerprint density at radius 2 is 1.43 bits per heavy atom. The molecule has 4 aromatic carbocycles. The number of amides is 1. The summed E-state index contributed by atoms with van der Waals surface area (Å²) in [6, 6.07) is 23.9. The maximum atomic E-state index is 12.6. The first kappa shape index (κ1) is 34.6. The molecule has 1 amide bonds. The smallest absolute Gasteiger partial charge is 0.255 e. The summed E-state index contributed by atoms with van der Waals surface area (Å²) >= 11 is 0. The second-order valence-corrected chi connectivity index (χ2v) is 11.5. The first-order valence-corrected chi connectivity index (χ1v) is 16.1. The number of nitrogens with zero attached hydrogens (tertiary/aromatic N) is 1. The zero-order valence-electron chi connectivity index (χ0n) is 29.0. The predicted octanol–water partition coefficient (Wildman–Crippen LogP) is 7.31. The highest BCUT2D eigenvalue weighted by atomic mass is 16.5. The molecule has 51 heavy (non-hydrogen) atoms. The molecule has 12 nitrogen and oxygen atoms in total. The molecule has 1 aliphatic heterocycles. The third-order valence-electron chi connectivity index (χ3n) is 8.33. The molecule has 1 aromatic heterocycles. The Balaban J connectivity index is 1.06. The molecule has 1 aliphatic rings. The quantitative estimate of drug-likeness (QED) is 0.107. The second-order valence-electron chi connectivity index (χ2n) is 11.5. The van der Waals surface area contributed by atoms with Crippen molar-refractivity contribution in [2.45, 2.75) is 12.6 Å². The molecule has 6 rings (SSSR count). The minimum absolute atomic E-state index is 0.142. The maximum absolute atomic E-state index is 12.6. The van der Waals surface area contributed by atoms with Crippen molar-refractivity contribution >= 4 is 11.6 Å². The SMILES string of the molecule is C=C(CCOc1cc(-c2cc(-c3cc(OC)c(OC)c(OC)c3)on2)ccc1OC)COc1ccc(C2NC(=O)c3ccccc3N2)cc1OC. The number of rotatable bonds is 15. The lowest BCUT2D eigenvalue weighted by Crippen LogP contribution is -2.38. The Morgan fingerprint density at radius 3 is 2.16 bits per heavy atom. The van der Waals surface area contributed by atoms with Crippen LogP contribution < -0.4 is 43.8 Å². The van der Waals surface area contributed by atoms with Gasteiger partial charge >= 0.3 is 0 Å². The van der Waals surface area contributed by atoms with E-state index in [-0.39, 0.29) is 12.5 Å². The van der Waals surface area contributed by atoms with Gasteiger partial charge in [0.2, 0.25) is 5.75 Å². The molecule has 1 atom stereocenters. The summed E-state index contributed by atoms with van der Waals surface area (Å²) in [6.45, 7) is 4.76. The lowest BCUT2D eigenvalue weighted by atomic mass is 10.1. The van der Waals surface area contributed by atoms with Crippen LogP contribution in [-0.2, 0) is 0 Å². The summed E-state index contributed by atoms with van der Waals surface area (Å²) < 4.78 is 45.5. The zero-order chi connectivity index (χ0) is 35.9. The fourth-order valence-corrected chi connectivity index (χ4v) is 5.63. The van der Waals surface area contributed by atoms with Crippen LogP contribution >= 0.6 is 0 Å². The Kier molecular flexibility index (Phi) is 10.5. The molecule has 12 heteroatoms. The fourth-order valence-electron chi connectivity index (χ4n) is 5.63. The van der Waals surface area contributed by atoms with Gasteiger partial charge < -0.3 is 48.3 Å². The number of ether oxygens (including phenoxy) is 7. The van der Waals surface area contributed by atoms with Crippen molar-refractivity contribution in [3.63, 3.8) is 0 Å². The number of methoxy groups -OCH3 is 5. The number of nitrogens with one attached hydrogen (secondary N) is 2. The molecule has 264 valence electrons. The average Bonchev–Trinajstić information content (AvgIpc) is 3.67. The molecule has 0 bridgehead atoms. The van der Waals surface area contributed by atoms with Crippen molar-refractivity contribution in [1.82, 2.24) is 10.5 Å². The Morgan fingerprint density at radius 1 is 0.725 bits per heavy atom. The van der Waals surface area contributed by atoms with Gasteiger partial charge in [0.1, 0.15) is 18.5 Å². The highest BCUT2D eigenvalue weighted by molar-refractivity contribution is 6.01. The van der Waals surface area contributed by atoms with Crippen LogP contribution in [0.5, 0.6) is 40.2 Å². The molecule has 5 aromatic rings. The lowest BCUT2D eigenvalue weighted by molar-refractivity contribution is 0.0935. The minimum atomic E-state index is -0.411. The van der Waals surface area contributed by atoms with Gasteiger partial charge in [0.25, 0.3) is 5.91 Å². The maximum Gasteiger partial charge on any atom is 0.255 e. The minimum Gasteiger partial charge on any atom is -0.493 e. The van der Waals surface area contributed by atoms with E-state index in [0.717, 1.165) is 22.4 Å². The summed E-state index contributed by atoms with van der Waals surface area (Å²) in [4.78, 5) is 12.6. The number of para-hydroxylation sites is 1. The van der Waals surface area contributed by atoms with Crippen molar-refractivity contribution in [3.05, 3.63) is 102 Å². The van der Waals surface area contributed by atoms with Crippen LogP contribution in [0.3, 0.4) is 0 Å². The standard InChI is InChI=1S/C39H39N3O9/c1-23(22-50-31-14-12-25(18-33(31)45-3)38-40-28-10-8-7-9-27(28)39(43)41-38)15-16-49-34-17-24(11-13-30(34)44-2)29-21-32(51-42-29)26-19-35(46-4)37(48-6)36(20-26)47-5/h7-14,17-21,38,40H,1,15-16,22H2,2-6H3,(H,41,43). The number of hydrogen-bond donors (Lipinski definition) is 2. The summed E-state index contributed by atoms with van der Waals surface area (Å²) in [6.07, 6.45) is 0.117. The van der Waals surface area contributed by atoms with E-state index in [9.17, 15) is 4.79 Å². The number of anilines is 1. The number of carbonyl (C=O) groups excluding carboxylic acids is 1. The van der Waals surface area contributed by atoms with Crippen molar-refractivity contribution in [1.29, 1.82) is 0 Å². The second kappa shape index (κ2) is 15.5. The van der Waals surface area contributed by atoms with Gasteiger partial charge in [-0.1, -0.05) is 29.9 Å². The third kappa shape index (κ3) is 7.49. The van der Waals surface area contributed by atoms with E-state index >= 15 is 0 Å². The van der Waals surface area contributed by atoms with Gasteiger partial charge in [0.05, 0.1) is 47.7 Å². The van der Waals surface area contributed by atoms with E-state index in [1.165, 1.54) is 0 Å². The van der Waals surface area contributed by atoms with Crippen molar-refractivity contribution < 1.29 is 42.5 Å². The van der Waals surface area contributed by atoms with Gasteiger partial charge in [-0.25, -0.2) is 0 Å². The van der Waals surface area contributed by atoms with Gasteiger partial charge in [-0.3, -0.25) is 4.79 Å². The van der Waals surface area contributed by atoms with Gasteiger partial charge in [0.15, 0.2) is 40.3 Å². The van der Waals surface area contributed by atoms with Crippen molar-refractivity contribution in [2.75, 3.05) is 54.1 Å². The van der Waals surface area contributed by atoms with Gasteiger partial charge in [0, 0.05) is 29.3 Å². The molecular formula is C39H39N3O9. The molecule has 0 spiro atoms. The topological polar surface area (TPSA) is 132 Å². The Labute approximate surface area is 295 Å². The fraction of sp³-hybridized carbons (Fsp3) is 0.231. The van der Waals surface area contributed by atoms with Crippen molar-refractivity contribution in [2.24, 2.45) is 0 Å². The summed E-state index contributed by atoms with van der Waals surface area (Å²) in [5.41, 5.74) is 5.12. The molecule has 0 radical (unpaired) electrons. The number of aromatic nitrogens is 1. The Hall–Kier alpha value is -6.30. The Bertz CT molecular complexity index is 2020. The molecule has 2 heterocycles. The molecular weight excluding hydrogens is 654 g/mol. The van der Waals surface area contributed by atoms with E-state index in [4.69, 9.17) is 37.7 Å². The van der Waals surface area contributed by atoms with E-state index in [1.807, 2.05) is 60.7 Å². The molecule has 0 saturated heterocycles.